The Morgan fingerprint density at radius 3 is 2.92 bits per heavy atom. The van der Waals surface area contributed by atoms with E-state index in [4.69, 9.17) is 10.4 Å². The van der Waals surface area contributed by atoms with E-state index in [0.29, 0.717) is 12.1 Å². The second-order valence-corrected chi connectivity index (χ2v) is 3.37. The predicted molar refractivity (Wildman–Crippen MR) is 54.4 cm³/mol. The molecule has 2 N–H and O–H groups in total. The lowest BCUT2D eigenvalue weighted by atomic mass is 10.2. The molecule has 1 rings (SSSR count). The van der Waals surface area contributed by atoms with Gasteiger partial charge in [0, 0.05) is 11.0 Å². The summed E-state index contributed by atoms with van der Waals surface area (Å²) in [7, 11) is 0. The maximum atomic E-state index is 8.74. The molecule has 0 radical (unpaired) electrons. The van der Waals surface area contributed by atoms with Crippen LogP contribution in [0, 0.1) is 11.3 Å². The number of hydrogen-bond donors (Lipinski definition) is 2. The largest absolute Gasteiger partial charge is 0.395 e. The fourth-order valence-electron chi connectivity index (χ4n) is 0.951. The zero-order valence-electron chi connectivity index (χ0n) is 6.92. The molecule has 0 aliphatic carbocycles. The molecule has 0 aliphatic heterocycles. The normalized spacial score (nSPS) is 9.31. The first-order valence-electron chi connectivity index (χ1n) is 3.82. The first-order chi connectivity index (χ1) is 6.27. The van der Waals surface area contributed by atoms with E-state index in [9.17, 15) is 0 Å². The highest BCUT2D eigenvalue weighted by atomic mass is 79.9. The number of halogens is 1. The first-order valence-corrected chi connectivity index (χ1v) is 4.61. The number of aliphatic hydroxyl groups excluding tert-OH is 1. The van der Waals surface area contributed by atoms with Gasteiger partial charge in [0.2, 0.25) is 0 Å². The average Bonchev–Trinajstić information content (AvgIpc) is 2.15. The Morgan fingerprint density at radius 1 is 1.54 bits per heavy atom. The van der Waals surface area contributed by atoms with Gasteiger partial charge in [-0.05, 0) is 18.2 Å². The van der Waals surface area contributed by atoms with Crippen LogP contribution in [0.2, 0.25) is 0 Å². The lowest BCUT2D eigenvalue weighted by Gasteiger charge is -2.06. The molecule has 0 spiro atoms. The van der Waals surface area contributed by atoms with Gasteiger partial charge < -0.3 is 10.4 Å². The Bertz CT molecular complexity index is 333. The Hall–Kier alpha value is -1.05. The molecule has 13 heavy (non-hydrogen) atoms. The summed E-state index contributed by atoms with van der Waals surface area (Å²) in [4.78, 5) is 0. The monoisotopic (exact) mass is 240 g/mol. The maximum Gasteiger partial charge on any atom is 0.101 e. The molecule has 0 saturated carbocycles. The molecule has 0 heterocycles. The highest BCUT2D eigenvalue weighted by Gasteiger charge is 2.00. The Labute approximate surface area is 85.1 Å². The van der Waals surface area contributed by atoms with Crippen LogP contribution in [0.15, 0.2) is 22.7 Å². The second-order valence-electron chi connectivity index (χ2n) is 2.45. The molecule has 0 fully saturated rings. The summed E-state index contributed by atoms with van der Waals surface area (Å²) in [6, 6.07) is 7.41. The third kappa shape index (κ3) is 2.72. The lowest BCUT2D eigenvalue weighted by molar-refractivity contribution is 0.311. The van der Waals surface area contributed by atoms with Crippen LogP contribution >= 0.6 is 15.9 Å². The molecule has 68 valence electrons. The number of rotatable bonds is 3. The van der Waals surface area contributed by atoms with E-state index >= 15 is 0 Å². The molecular formula is C9H9BrN2O. The third-order valence-electron chi connectivity index (χ3n) is 1.53. The van der Waals surface area contributed by atoms with Crippen molar-refractivity contribution < 1.29 is 5.11 Å². The quantitative estimate of drug-likeness (QED) is 0.847. The molecule has 1 aromatic rings. The van der Waals surface area contributed by atoms with Crippen molar-refractivity contribution >= 4 is 21.6 Å². The maximum absolute atomic E-state index is 8.74. The van der Waals surface area contributed by atoms with Gasteiger partial charge in [0.15, 0.2) is 0 Å². The third-order valence-corrected chi connectivity index (χ3v) is 2.02. The molecule has 0 aromatic heterocycles. The van der Waals surface area contributed by atoms with Crippen LogP contribution < -0.4 is 5.32 Å². The molecule has 3 nitrogen and oxygen atoms in total. The Kier molecular flexibility index (Phi) is 3.74. The summed E-state index contributed by atoms with van der Waals surface area (Å²) in [6.45, 7) is 0.502. The van der Waals surface area contributed by atoms with Crippen molar-refractivity contribution in [2.24, 2.45) is 0 Å². The van der Waals surface area contributed by atoms with E-state index in [1.54, 1.807) is 6.07 Å². The standard InChI is InChI=1S/C9H9BrN2O/c10-8-2-1-7(6-11)9(5-8)12-3-4-13/h1-2,5,12-13H,3-4H2. The van der Waals surface area contributed by atoms with Crippen LogP contribution in [0.25, 0.3) is 0 Å². The number of nitrogens with one attached hydrogen (secondary N) is 1. The Morgan fingerprint density at radius 2 is 2.31 bits per heavy atom. The van der Waals surface area contributed by atoms with Crippen molar-refractivity contribution in [1.29, 1.82) is 5.26 Å². The number of nitriles is 1. The molecule has 0 aliphatic rings. The van der Waals surface area contributed by atoms with Gasteiger partial charge in [-0.1, -0.05) is 15.9 Å². The topological polar surface area (TPSA) is 56.0 Å². The summed E-state index contributed by atoms with van der Waals surface area (Å²) < 4.78 is 0.909. The zero-order chi connectivity index (χ0) is 9.68. The van der Waals surface area contributed by atoms with E-state index in [1.165, 1.54) is 0 Å². The molecular weight excluding hydrogens is 232 g/mol. The van der Waals surface area contributed by atoms with Gasteiger partial charge in [-0.2, -0.15) is 5.26 Å². The predicted octanol–water partition coefficient (Wildman–Crippen LogP) is 1.72. The molecule has 4 heteroatoms. The van der Waals surface area contributed by atoms with Crippen molar-refractivity contribution in [3.05, 3.63) is 28.2 Å². The highest BCUT2D eigenvalue weighted by molar-refractivity contribution is 9.10. The zero-order valence-corrected chi connectivity index (χ0v) is 8.50. The molecule has 0 atom stereocenters. The van der Waals surface area contributed by atoms with Crippen molar-refractivity contribution in [2.45, 2.75) is 0 Å². The number of anilines is 1. The van der Waals surface area contributed by atoms with Crippen LogP contribution in [0.3, 0.4) is 0 Å². The summed E-state index contributed by atoms with van der Waals surface area (Å²) >= 11 is 3.31. The smallest absolute Gasteiger partial charge is 0.101 e. The van der Waals surface area contributed by atoms with E-state index in [0.717, 1.165) is 10.2 Å². The molecule has 0 bridgehead atoms. The Balaban J connectivity index is 2.89. The van der Waals surface area contributed by atoms with E-state index in [1.807, 2.05) is 12.1 Å². The SMILES string of the molecule is N#Cc1ccc(Br)cc1NCCO. The average molecular weight is 241 g/mol. The van der Waals surface area contributed by atoms with Crippen molar-refractivity contribution in [2.75, 3.05) is 18.5 Å². The van der Waals surface area contributed by atoms with Gasteiger partial charge in [-0.15, -0.1) is 0 Å². The minimum absolute atomic E-state index is 0.0530. The van der Waals surface area contributed by atoms with Crippen molar-refractivity contribution in [3.63, 3.8) is 0 Å². The van der Waals surface area contributed by atoms with Crippen LogP contribution in [0.4, 0.5) is 5.69 Å². The fourth-order valence-corrected chi connectivity index (χ4v) is 1.31. The van der Waals surface area contributed by atoms with Crippen molar-refractivity contribution in [1.82, 2.24) is 0 Å². The number of nitrogens with zero attached hydrogens (tertiary/aromatic N) is 1. The van der Waals surface area contributed by atoms with Gasteiger partial charge in [0.1, 0.15) is 6.07 Å². The second kappa shape index (κ2) is 4.85. The molecule has 1 aromatic carbocycles. The van der Waals surface area contributed by atoms with Crippen molar-refractivity contribution in [3.8, 4) is 6.07 Å². The van der Waals surface area contributed by atoms with E-state index in [-0.39, 0.29) is 6.61 Å². The molecule has 0 amide bonds. The summed E-state index contributed by atoms with van der Waals surface area (Å²) in [5.41, 5.74) is 1.32. The highest BCUT2D eigenvalue weighted by Crippen LogP contribution is 2.20. The van der Waals surface area contributed by atoms with E-state index < -0.39 is 0 Å². The number of aliphatic hydroxyl groups is 1. The van der Waals surface area contributed by atoms with Gasteiger partial charge in [0.25, 0.3) is 0 Å². The van der Waals surface area contributed by atoms with Gasteiger partial charge in [-0.25, -0.2) is 0 Å². The van der Waals surface area contributed by atoms with Gasteiger partial charge in [0.05, 0.1) is 17.9 Å². The molecule has 0 saturated heterocycles. The summed E-state index contributed by atoms with van der Waals surface area (Å²) in [5, 5.41) is 20.3. The van der Waals surface area contributed by atoms with Crippen LogP contribution in [0.1, 0.15) is 5.56 Å². The number of benzene rings is 1. The first kappa shape index (κ1) is 10.0. The van der Waals surface area contributed by atoms with Crippen LogP contribution in [-0.2, 0) is 0 Å². The van der Waals surface area contributed by atoms with Gasteiger partial charge >= 0.3 is 0 Å². The minimum Gasteiger partial charge on any atom is -0.395 e. The number of hydrogen-bond acceptors (Lipinski definition) is 3. The summed E-state index contributed by atoms with van der Waals surface area (Å²) in [5.74, 6) is 0. The summed E-state index contributed by atoms with van der Waals surface area (Å²) in [6.07, 6.45) is 0. The fraction of sp³-hybridized carbons (Fsp3) is 0.222. The van der Waals surface area contributed by atoms with Crippen LogP contribution in [-0.4, -0.2) is 18.3 Å². The lowest BCUT2D eigenvalue weighted by Crippen LogP contribution is -2.06. The van der Waals surface area contributed by atoms with E-state index in [2.05, 4.69) is 27.3 Å². The van der Waals surface area contributed by atoms with Crippen LogP contribution in [0.5, 0.6) is 0 Å². The van der Waals surface area contributed by atoms with Gasteiger partial charge in [-0.3, -0.25) is 0 Å². The minimum atomic E-state index is 0.0530. The molecule has 0 unspecified atom stereocenters.